The van der Waals surface area contributed by atoms with E-state index in [-0.39, 0.29) is 30.6 Å². The van der Waals surface area contributed by atoms with Crippen molar-refractivity contribution >= 4 is 13.4 Å². The number of aryl methyl sites for hydroxylation is 1. The summed E-state index contributed by atoms with van der Waals surface area (Å²) < 4.78 is 25.5. The molecule has 5 N–H and O–H groups in total. The zero-order chi connectivity index (χ0) is 25.6. The molecule has 0 saturated carbocycles. The fourth-order valence-corrected chi connectivity index (χ4v) is 5.18. The van der Waals surface area contributed by atoms with E-state index < -0.39 is 54.1 Å². The quantitative estimate of drug-likeness (QED) is 0.323. The molecule has 0 aliphatic carbocycles. The van der Waals surface area contributed by atoms with Gasteiger partial charge in [-0.3, -0.25) is 23.5 Å². The summed E-state index contributed by atoms with van der Waals surface area (Å²) in [5.41, 5.74) is -2.09. The van der Waals surface area contributed by atoms with Crippen LogP contribution in [0.2, 0.25) is 0 Å². The highest BCUT2D eigenvalue weighted by Gasteiger charge is 2.50. The van der Waals surface area contributed by atoms with Crippen molar-refractivity contribution in [2.75, 3.05) is 0 Å². The summed E-state index contributed by atoms with van der Waals surface area (Å²) in [6, 6.07) is 0. The van der Waals surface area contributed by atoms with Gasteiger partial charge in [0.05, 0.1) is 17.3 Å². The van der Waals surface area contributed by atoms with Gasteiger partial charge in [0.25, 0.3) is 11.1 Å². The minimum absolute atomic E-state index is 0.0163. The Kier molecular flexibility index (Phi) is 7.27. The zero-order valence-corrected chi connectivity index (χ0v) is 20.7. The zero-order valence-electron chi connectivity index (χ0n) is 19.8. The fraction of sp³-hybridized carbons (Fsp3) is 0.667. The maximum atomic E-state index is 12.7. The predicted molar refractivity (Wildman–Crippen MR) is 122 cm³/mol. The van der Waals surface area contributed by atoms with Crippen LogP contribution in [-0.2, 0) is 13.8 Å². The molecule has 0 aromatic carbocycles. The summed E-state index contributed by atoms with van der Waals surface area (Å²) in [5.74, 6) is 0.0163. The molecule has 2 aromatic heterocycles. The summed E-state index contributed by atoms with van der Waals surface area (Å²) >= 11 is 0. The molecule has 13 heteroatoms. The van der Waals surface area contributed by atoms with E-state index in [2.05, 4.69) is 9.97 Å². The normalized spacial score (nSPS) is 28.4. The van der Waals surface area contributed by atoms with Crippen LogP contribution in [0.3, 0.4) is 0 Å². The first-order valence-corrected chi connectivity index (χ1v) is 12.6. The standard InChI is InChI=1S/C21H32N3O9P/c1-6-20(4,33-34(30,31)21(5,29)7-2)8-13-14(25)15(26)16(32-13)12-10-24-9-11(3)17(27)22-19(24)23-18(12)28/h9-10,13-16,25-26,29H,6-8H2,1-5H3,(H,30,31)(H,22,23,27,28)/t13-,14?,15+,16+,20?,21?/m1/s1. The van der Waals surface area contributed by atoms with Crippen LogP contribution in [0, 0.1) is 6.92 Å². The molecule has 2 aromatic rings. The van der Waals surface area contributed by atoms with E-state index in [0.29, 0.717) is 5.56 Å². The highest BCUT2D eigenvalue weighted by atomic mass is 31.2. The van der Waals surface area contributed by atoms with Crippen molar-refractivity contribution in [3.63, 3.8) is 0 Å². The van der Waals surface area contributed by atoms with Crippen molar-refractivity contribution in [3.8, 4) is 0 Å². The Morgan fingerprint density at radius 1 is 1.21 bits per heavy atom. The van der Waals surface area contributed by atoms with E-state index in [1.807, 2.05) is 0 Å². The van der Waals surface area contributed by atoms with E-state index >= 15 is 0 Å². The fourth-order valence-electron chi connectivity index (χ4n) is 3.78. The Balaban J connectivity index is 1.89. The maximum absolute atomic E-state index is 12.7. The van der Waals surface area contributed by atoms with E-state index in [4.69, 9.17) is 9.26 Å². The first-order chi connectivity index (χ1) is 15.6. The molecule has 34 heavy (non-hydrogen) atoms. The third kappa shape index (κ3) is 4.90. The van der Waals surface area contributed by atoms with E-state index in [1.165, 1.54) is 23.7 Å². The highest BCUT2D eigenvalue weighted by molar-refractivity contribution is 7.54. The second-order valence-electron chi connectivity index (χ2n) is 9.26. The lowest BCUT2D eigenvalue weighted by Crippen LogP contribution is -2.40. The lowest BCUT2D eigenvalue weighted by Gasteiger charge is -2.37. The molecule has 12 nitrogen and oxygen atoms in total. The SMILES string of the molecule is CCC(C)(C[C@H]1O[C@@H](c2cn3cc(C)c(=O)[nH]c3nc2=O)[C@@H](O)C1O)OP(=O)(O)C(C)(O)CC. The monoisotopic (exact) mass is 501 g/mol. The van der Waals surface area contributed by atoms with Crippen LogP contribution < -0.4 is 11.1 Å². The lowest BCUT2D eigenvalue weighted by molar-refractivity contribution is -0.0533. The maximum Gasteiger partial charge on any atom is 0.359 e. The first-order valence-electron chi connectivity index (χ1n) is 11.0. The number of aliphatic hydroxyl groups excluding tert-OH is 2. The number of aromatic amines is 1. The van der Waals surface area contributed by atoms with E-state index in [9.17, 15) is 34.4 Å². The average molecular weight is 501 g/mol. The van der Waals surface area contributed by atoms with E-state index in [0.717, 1.165) is 0 Å². The average Bonchev–Trinajstić information content (AvgIpc) is 3.02. The van der Waals surface area contributed by atoms with Gasteiger partial charge < -0.3 is 29.5 Å². The molecule has 4 unspecified atom stereocenters. The lowest BCUT2D eigenvalue weighted by atomic mass is 9.92. The van der Waals surface area contributed by atoms with E-state index in [1.54, 1.807) is 27.7 Å². The number of ether oxygens (including phenoxy) is 1. The third-order valence-electron chi connectivity index (χ3n) is 6.57. The van der Waals surface area contributed by atoms with Gasteiger partial charge in [-0.05, 0) is 33.6 Å². The van der Waals surface area contributed by atoms with Crippen LogP contribution in [0.15, 0.2) is 22.0 Å². The molecule has 0 radical (unpaired) electrons. The molecule has 0 amide bonds. The van der Waals surface area contributed by atoms with Gasteiger partial charge in [-0.1, -0.05) is 13.8 Å². The molecular weight excluding hydrogens is 469 g/mol. The number of hydrogen-bond acceptors (Lipinski definition) is 9. The highest BCUT2D eigenvalue weighted by Crippen LogP contribution is 2.59. The molecule has 1 saturated heterocycles. The number of rotatable bonds is 8. The largest absolute Gasteiger partial charge is 0.388 e. The number of H-pyrrole nitrogens is 1. The third-order valence-corrected chi connectivity index (χ3v) is 8.79. The number of nitrogens with zero attached hydrogens (tertiary/aromatic N) is 2. The number of aliphatic hydroxyl groups is 3. The van der Waals surface area contributed by atoms with Gasteiger partial charge >= 0.3 is 7.60 Å². The number of hydrogen-bond donors (Lipinski definition) is 5. The van der Waals surface area contributed by atoms with Gasteiger partial charge in [0.15, 0.2) is 5.34 Å². The molecule has 1 aliphatic heterocycles. The van der Waals surface area contributed by atoms with Crippen LogP contribution in [0.4, 0.5) is 0 Å². The number of aromatic nitrogens is 3. The Morgan fingerprint density at radius 2 is 1.85 bits per heavy atom. The van der Waals surface area contributed by atoms with Crippen molar-refractivity contribution in [2.45, 2.75) is 89.2 Å². The van der Waals surface area contributed by atoms with Crippen LogP contribution in [-0.4, -0.2) is 63.8 Å². The number of fused-ring (bicyclic) bond motifs is 1. The van der Waals surface area contributed by atoms with Gasteiger partial charge in [-0.25, -0.2) is 0 Å². The summed E-state index contributed by atoms with van der Waals surface area (Å²) in [7, 11) is -4.48. The second kappa shape index (κ2) is 9.27. The molecular formula is C21H32N3O9P. The van der Waals surface area contributed by atoms with Crippen LogP contribution in [0.25, 0.3) is 5.78 Å². The molecule has 1 fully saturated rings. The van der Waals surface area contributed by atoms with Crippen molar-refractivity contribution < 1.29 is 34.0 Å². The van der Waals surface area contributed by atoms with Crippen molar-refractivity contribution in [2.24, 2.45) is 0 Å². The Morgan fingerprint density at radius 3 is 2.44 bits per heavy atom. The van der Waals surface area contributed by atoms with Gasteiger partial charge in [0, 0.05) is 24.4 Å². The Bertz CT molecular complexity index is 1230. The van der Waals surface area contributed by atoms with Crippen LogP contribution >= 0.6 is 7.60 Å². The predicted octanol–water partition coefficient (Wildman–Crippen LogP) is 0.732. The Hall–Kier alpha value is -1.92. The van der Waals surface area contributed by atoms with Gasteiger partial charge in [-0.15, -0.1) is 0 Å². The minimum atomic E-state index is -4.48. The topological polar surface area (TPSA) is 184 Å². The Labute approximate surface area is 195 Å². The first kappa shape index (κ1) is 26.7. The molecule has 3 rings (SSSR count). The summed E-state index contributed by atoms with van der Waals surface area (Å²) in [5, 5.41) is 29.6. The van der Waals surface area contributed by atoms with Gasteiger partial charge in [0.1, 0.15) is 18.3 Å². The molecule has 1 aliphatic rings. The van der Waals surface area contributed by atoms with Crippen molar-refractivity contribution in [1.29, 1.82) is 0 Å². The summed E-state index contributed by atoms with van der Waals surface area (Å²) in [6.45, 7) is 7.59. The van der Waals surface area contributed by atoms with Gasteiger partial charge in [-0.2, -0.15) is 4.98 Å². The van der Waals surface area contributed by atoms with Gasteiger partial charge in [0.2, 0.25) is 5.78 Å². The molecule has 3 heterocycles. The van der Waals surface area contributed by atoms with Crippen LogP contribution in [0.5, 0.6) is 0 Å². The molecule has 7 atom stereocenters. The minimum Gasteiger partial charge on any atom is -0.388 e. The molecule has 0 spiro atoms. The smallest absolute Gasteiger partial charge is 0.359 e. The van der Waals surface area contributed by atoms with Crippen molar-refractivity contribution in [1.82, 2.24) is 14.4 Å². The summed E-state index contributed by atoms with van der Waals surface area (Å²) in [4.78, 5) is 41.1. The number of nitrogens with one attached hydrogen (secondary N) is 1. The summed E-state index contributed by atoms with van der Waals surface area (Å²) in [6.07, 6.45) is -2.24. The molecule has 0 bridgehead atoms. The molecule has 190 valence electrons. The second-order valence-corrected chi connectivity index (χ2v) is 11.5. The van der Waals surface area contributed by atoms with Crippen molar-refractivity contribution in [3.05, 3.63) is 44.2 Å². The van der Waals surface area contributed by atoms with Crippen LogP contribution in [0.1, 0.15) is 64.2 Å².